The third-order valence-electron chi connectivity index (χ3n) is 6.32. The molecular formula is C26H20F8O5S. The van der Waals surface area contributed by atoms with Crippen molar-refractivity contribution in [3.63, 3.8) is 0 Å². The lowest BCUT2D eigenvalue weighted by atomic mass is 9.82. The molecule has 3 aromatic carbocycles. The van der Waals surface area contributed by atoms with Crippen LogP contribution in [0.2, 0.25) is 0 Å². The summed E-state index contributed by atoms with van der Waals surface area (Å²) in [4.78, 5) is -0.719. The third kappa shape index (κ3) is 5.73. The number of halogens is 8. The molecule has 0 spiro atoms. The van der Waals surface area contributed by atoms with Crippen LogP contribution in [0.15, 0.2) is 41.3 Å². The Morgan fingerprint density at radius 2 is 1.52 bits per heavy atom. The molecule has 0 saturated carbocycles. The molecule has 0 aliphatic carbocycles. The van der Waals surface area contributed by atoms with Crippen molar-refractivity contribution >= 4 is 10.1 Å². The Morgan fingerprint density at radius 3 is 2.15 bits per heavy atom. The van der Waals surface area contributed by atoms with E-state index in [1.54, 1.807) is 0 Å². The summed E-state index contributed by atoms with van der Waals surface area (Å²) >= 11 is 0. The van der Waals surface area contributed by atoms with Gasteiger partial charge in [0.15, 0.2) is 0 Å². The molecule has 1 atom stereocenters. The minimum Gasteiger partial charge on any atom is -0.493 e. The minimum absolute atomic E-state index is 0.0129. The maximum absolute atomic E-state index is 14.0. The Balaban J connectivity index is 1.71. The van der Waals surface area contributed by atoms with E-state index in [4.69, 9.17) is 9.47 Å². The van der Waals surface area contributed by atoms with Crippen molar-refractivity contribution in [1.29, 1.82) is 0 Å². The first-order valence-corrected chi connectivity index (χ1v) is 13.1. The molecule has 5 nitrogen and oxygen atoms in total. The molecule has 3 aromatic rings. The normalized spacial score (nSPS) is 15.5. The SMILES string of the molecule is COCCCc1cc(C(F)(F)F)ccc1[C@@H]1CCOc2cc(S(=O)(=O)Oc3c(F)c(F)c(F)c(F)c3F)ccc21. The Bertz CT molecular complexity index is 1510. The van der Waals surface area contributed by atoms with Crippen LogP contribution in [-0.2, 0) is 27.5 Å². The lowest BCUT2D eigenvalue weighted by Gasteiger charge is -2.29. The lowest BCUT2D eigenvalue weighted by Crippen LogP contribution is -2.19. The fourth-order valence-corrected chi connectivity index (χ4v) is 5.36. The van der Waals surface area contributed by atoms with Crippen LogP contribution in [0.4, 0.5) is 35.1 Å². The molecule has 4 rings (SSSR count). The molecule has 40 heavy (non-hydrogen) atoms. The number of rotatable bonds is 8. The molecule has 0 N–H and O–H groups in total. The number of hydrogen-bond acceptors (Lipinski definition) is 5. The summed E-state index contributed by atoms with van der Waals surface area (Å²) in [5.41, 5.74) is 0.551. The van der Waals surface area contributed by atoms with Gasteiger partial charge in [-0.05, 0) is 48.6 Å². The fraction of sp³-hybridized carbons (Fsp3) is 0.308. The summed E-state index contributed by atoms with van der Waals surface area (Å²) in [6.45, 7) is 0.350. The molecule has 0 radical (unpaired) electrons. The average molecular weight is 596 g/mol. The zero-order valence-electron chi connectivity index (χ0n) is 20.6. The van der Waals surface area contributed by atoms with Gasteiger partial charge in [-0.2, -0.15) is 30.4 Å². The van der Waals surface area contributed by atoms with E-state index in [0.717, 1.165) is 24.3 Å². The van der Waals surface area contributed by atoms with Crippen molar-refractivity contribution in [1.82, 2.24) is 0 Å². The number of methoxy groups -OCH3 is 1. The molecule has 216 valence electrons. The van der Waals surface area contributed by atoms with Gasteiger partial charge in [-0.15, -0.1) is 0 Å². The zero-order valence-corrected chi connectivity index (χ0v) is 21.4. The molecule has 0 fully saturated rings. The maximum Gasteiger partial charge on any atom is 0.416 e. The first-order chi connectivity index (χ1) is 18.8. The predicted molar refractivity (Wildman–Crippen MR) is 124 cm³/mol. The number of hydrogen-bond donors (Lipinski definition) is 0. The number of aryl methyl sites for hydroxylation is 1. The van der Waals surface area contributed by atoms with Crippen molar-refractivity contribution in [3.05, 3.63) is 87.7 Å². The third-order valence-corrected chi connectivity index (χ3v) is 7.53. The summed E-state index contributed by atoms with van der Waals surface area (Å²) in [7, 11) is -3.66. The van der Waals surface area contributed by atoms with Crippen LogP contribution >= 0.6 is 0 Å². The highest BCUT2D eigenvalue weighted by molar-refractivity contribution is 7.87. The van der Waals surface area contributed by atoms with Crippen LogP contribution in [0.1, 0.15) is 41.0 Å². The van der Waals surface area contributed by atoms with Gasteiger partial charge < -0.3 is 13.7 Å². The van der Waals surface area contributed by atoms with Gasteiger partial charge in [-0.1, -0.05) is 12.1 Å². The van der Waals surface area contributed by atoms with Gasteiger partial charge in [0.25, 0.3) is 0 Å². The largest absolute Gasteiger partial charge is 0.493 e. The predicted octanol–water partition coefficient (Wildman–Crippen LogP) is 6.66. The lowest BCUT2D eigenvalue weighted by molar-refractivity contribution is -0.137. The minimum atomic E-state index is -5.12. The second kappa shape index (κ2) is 11.2. The van der Waals surface area contributed by atoms with E-state index in [0.29, 0.717) is 36.1 Å². The number of benzene rings is 3. The van der Waals surface area contributed by atoms with Gasteiger partial charge in [-0.25, -0.2) is 13.2 Å². The van der Waals surface area contributed by atoms with Gasteiger partial charge in [0.1, 0.15) is 10.6 Å². The molecule has 14 heteroatoms. The van der Waals surface area contributed by atoms with Crippen molar-refractivity contribution < 1.29 is 57.2 Å². The maximum atomic E-state index is 14.0. The summed E-state index contributed by atoms with van der Waals surface area (Å²) < 4.78 is 149. The van der Waals surface area contributed by atoms with E-state index < -0.39 is 67.5 Å². The molecule has 1 aliphatic rings. The van der Waals surface area contributed by atoms with Crippen LogP contribution in [0.25, 0.3) is 0 Å². The number of fused-ring (bicyclic) bond motifs is 1. The van der Waals surface area contributed by atoms with Gasteiger partial charge in [0, 0.05) is 31.3 Å². The quantitative estimate of drug-likeness (QED) is 0.0957. The Morgan fingerprint density at radius 1 is 0.900 bits per heavy atom. The van der Waals surface area contributed by atoms with Crippen LogP contribution < -0.4 is 8.92 Å². The topological polar surface area (TPSA) is 61.8 Å². The first kappa shape index (κ1) is 29.6. The van der Waals surface area contributed by atoms with Crippen molar-refractivity contribution in [2.45, 2.75) is 36.3 Å². The molecule has 0 saturated heterocycles. The van der Waals surface area contributed by atoms with Crippen LogP contribution in [-0.4, -0.2) is 28.7 Å². The summed E-state index contributed by atoms with van der Waals surface area (Å²) in [5, 5.41) is 0. The summed E-state index contributed by atoms with van der Waals surface area (Å²) in [5.74, 6) is -14.7. The fourth-order valence-electron chi connectivity index (χ4n) is 4.41. The molecule has 1 aliphatic heterocycles. The smallest absolute Gasteiger partial charge is 0.416 e. The van der Waals surface area contributed by atoms with Crippen molar-refractivity contribution in [2.24, 2.45) is 0 Å². The highest BCUT2D eigenvalue weighted by atomic mass is 32.2. The molecule has 0 unspecified atom stereocenters. The molecule has 0 bridgehead atoms. The average Bonchev–Trinajstić information content (AvgIpc) is 2.92. The molecule has 0 aromatic heterocycles. The van der Waals surface area contributed by atoms with E-state index in [-0.39, 0.29) is 18.8 Å². The Kier molecular flexibility index (Phi) is 8.31. The van der Waals surface area contributed by atoms with Gasteiger partial charge in [0.05, 0.1) is 12.2 Å². The molecule has 0 amide bonds. The number of ether oxygens (including phenoxy) is 2. The standard InChI is InChI=1S/C26H20F8O5S/c1-37-9-2-3-13-11-14(26(32,33)34)4-6-16(13)17-8-10-38-19-12-15(5-7-18(17)19)40(35,36)39-25-23(30)21(28)20(27)22(29)24(25)31/h4-7,11-12,17H,2-3,8-10H2,1H3/t17-/m0/s1. The van der Waals surface area contributed by atoms with E-state index >= 15 is 0 Å². The van der Waals surface area contributed by atoms with E-state index in [9.17, 15) is 43.5 Å². The van der Waals surface area contributed by atoms with E-state index in [1.807, 2.05) is 0 Å². The number of alkyl halides is 3. The first-order valence-electron chi connectivity index (χ1n) is 11.7. The molecular weight excluding hydrogens is 576 g/mol. The van der Waals surface area contributed by atoms with E-state index in [2.05, 4.69) is 4.18 Å². The second-order valence-corrected chi connectivity index (χ2v) is 10.4. The summed E-state index contributed by atoms with van der Waals surface area (Å²) in [6, 6.07) is 6.54. The van der Waals surface area contributed by atoms with Gasteiger partial charge >= 0.3 is 16.3 Å². The van der Waals surface area contributed by atoms with Gasteiger partial charge in [-0.3, -0.25) is 0 Å². The van der Waals surface area contributed by atoms with Gasteiger partial charge in [0.2, 0.25) is 34.8 Å². The Hall–Kier alpha value is -3.39. The summed E-state index contributed by atoms with van der Waals surface area (Å²) in [6.07, 6.45) is -3.53. The van der Waals surface area contributed by atoms with Crippen LogP contribution in [0.3, 0.4) is 0 Å². The zero-order chi connectivity index (χ0) is 29.4. The second-order valence-electron chi connectivity index (χ2n) is 8.83. The highest BCUT2D eigenvalue weighted by Crippen LogP contribution is 2.42. The Labute approximate surface area is 223 Å². The van der Waals surface area contributed by atoms with Crippen LogP contribution in [0, 0.1) is 29.1 Å². The van der Waals surface area contributed by atoms with Crippen molar-refractivity contribution in [3.8, 4) is 11.5 Å². The monoisotopic (exact) mass is 596 g/mol. The van der Waals surface area contributed by atoms with E-state index in [1.165, 1.54) is 19.2 Å². The molecule has 1 heterocycles. The van der Waals surface area contributed by atoms with Crippen LogP contribution in [0.5, 0.6) is 11.5 Å². The van der Waals surface area contributed by atoms with Crippen molar-refractivity contribution in [2.75, 3.05) is 20.3 Å². The highest BCUT2D eigenvalue weighted by Gasteiger charge is 2.34.